The number of nitrogens with zero attached hydrogens (tertiary/aromatic N) is 3. The molecule has 5 heterocycles. The molecule has 250 valence electrons. The third-order valence-corrected chi connectivity index (χ3v) is 12.2. The highest BCUT2D eigenvalue weighted by molar-refractivity contribution is 5.87. The molecule has 4 N–H and O–H groups in total. The van der Waals surface area contributed by atoms with Gasteiger partial charge in [-0.15, -0.1) is 0 Å². The second-order valence-corrected chi connectivity index (χ2v) is 15.2. The molecule has 0 aromatic carbocycles. The van der Waals surface area contributed by atoms with Crippen molar-refractivity contribution in [2.45, 2.75) is 126 Å². The lowest BCUT2D eigenvalue weighted by molar-refractivity contribution is -0.130. The number of piperazine rings is 1. The van der Waals surface area contributed by atoms with Crippen molar-refractivity contribution in [2.24, 2.45) is 23.7 Å². The van der Waals surface area contributed by atoms with E-state index in [4.69, 9.17) is 0 Å². The summed E-state index contributed by atoms with van der Waals surface area (Å²) in [6, 6.07) is -0.325. The average molecular weight is 630 g/mol. The first-order valence-corrected chi connectivity index (χ1v) is 17.7. The lowest BCUT2D eigenvalue weighted by Crippen LogP contribution is -2.79. The molecule has 0 spiro atoms. The number of alkyl halides is 2. The number of hydrogen-bond donors (Lipinski definition) is 4. The Kier molecular flexibility index (Phi) is 9.00. The van der Waals surface area contributed by atoms with Crippen molar-refractivity contribution < 1.29 is 18.4 Å². The van der Waals surface area contributed by atoms with Crippen molar-refractivity contribution >= 4 is 11.9 Å². The summed E-state index contributed by atoms with van der Waals surface area (Å²) in [7, 11) is 0. The second kappa shape index (κ2) is 12.8. The van der Waals surface area contributed by atoms with Crippen LogP contribution in [0.1, 0.15) is 65.2 Å². The molecule has 7 aliphatic rings. The summed E-state index contributed by atoms with van der Waals surface area (Å²) in [5, 5.41) is 14.4. The van der Waals surface area contributed by atoms with Gasteiger partial charge in [0, 0.05) is 61.7 Å². The number of allylic oxidation sites excluding steroid dienone is 1. The maximum absolute atomic E-state index is 16.5. The lowest BCUT2D eigenvalue weighted by atomic mass is 9.73. The highest BCUT2D eigenvalue weighted by atomic mass is 19.1. The van der Waals surface area contributed by atoms with Crippen molar-refractivity contribution in [3.05, 3.63) is 24.8 Å². The number of halogens is 2. The molecule has 9 nitrogen and oxygen atoms in total. The zero-order valence-corrected chi connectivity index (χ0v) is 26.9. The molecule has 2 saturated carbocycles. The van der Waals surface area contributed by atoms with Crippen LogP contribution in [0.3, 0.4) is 0 Å². The maximum atomic E-state index is 16.5. The van der Waals surface area contributed by atoms with Gasteiger partial charge < -0.3 is 25.8 Å². The molecule has 6 bridgehead atoms. The van der Waals surface area contributed by atoms with E-state index in [1.165, 1.54) is 6.08 Å². The van der Waals surface area contributed by atoms with Crippen LogP contribution in [0, 0.1) is 23.7 Å². The van der Waals surface area contributed by atoms with Gasteiger partial charge in [0.05, 0.1) is 18.4 Å². The molecular formula is C34H53F2N7O2. The minimum atomic E-state index is -1.22. The number of piperidine rings is 2. The Morgan fingerprint density at radius 2 is 1.80 bits per heavy atom. The van der Waals surface area contributed by atoms with Gasteiger partial charge in [0.1, 0.15) is 12.3 Å². The Balaban J connectivity index is 1.22. The van der Waals surface area contributed by atoms with E-state index in [0.717, 1.165) is 45.2 Å². The molecule has 0 radical (unpaired) electrons. The minimum Gasteiger partial charge on any atom is -0.333 e. The third kappa shape index (κ3) is 5.95. The van der Waals surface area contributed by atoms with Crippen LogP contribution >= 0.6 is 0 Å². The quantitative estimate of drug-likeness (QED) is 0.284. The number of rotatable bonds is 3. The minimum absolute atomic E-state index is 0.0554. The number of urea groups is 1. The summed E-state index contributed by atoms with van der Waals surface area (Å²) in [6.45, 7) is 10.9. The maximum Gasteiger partial charge on any atom is 0.320 e. The van der Waals surface area contributed by atoms with Gasteiger partial charge in [-0.1, -0.05) is 32.6 Å². The zero-order chi connectivity index (χ0) is 31.4. The predicted octanol–water partition coefficient (Wildman–Crippen LogP) is 2.90. The first-order chi connectivity index (χ1) is 21.7. The number of carbonyl (C=O) groups excluding carboxylic acids is 2. The summed E-state index contributed by atoms with van der Waals surface area (Å²) < 4.78 is 32.2. The third-order valence-electron chi connectivity index (χ3n) is 12.2. The first kappa shape index (κ1) is 31.5. The van der Waals surface area contributed by atoms with Crippen molar-refractivity contribution in [3.63, 3.8) is 0 Å². The van der Waals surface area contributed by atoms with Gasteiger partial charge in [-0.2, -0.15) is 0 Å². The summed E-state index contributed by atoms with van der Waals surface area (Å²) in [5.41, 5.74) is 0. The fraction of sp³-hybridized carbons (Fsp3) is 0.824. The molecule has 7 rings (SSSR count). The van der Waals surface area contributed by atoms with Gasteiger partial charge in [0.25, 0.3) is 0 Å². The monoisotopic (exact) mass is 629 g/mol. The van der Waals surface area contributed by atoms with E-state index in [9.17, 15) is 9.59 Å². The van der Waals surface area contributed by atoms with Gasteiger partial charge in [-0.25, -0.2) is 13.6 Å². The lowest BCUT2D eigenvalue weighted by Gasteiger charge is -2.58. The molecule has 5 aliphatic heterocycles. The standard InChI is InChI=1S/C34H53F2N7O2/c1-4-29(44)41-12-13-42(27-17-26(27)41)32-23-16-25(36)31-22-15-21(9-10-24(22)35)37-11-7-5-6-8-20-14-28(30(19(2)3)38-18-20)43(33(23)39-31)34(45)40-32/h4-5,7,19-28,30-33,37-39H,1,6,8-18H2,2-3H3,(H,40,45). The van der Waals surface area contributed by atoms with Crippen molar-refractivity contribution in [3.8, 4) is 0 Å². The van der Waals surface area contributed by atoms with Gasteiger partial charge in [-0.3, -0.25) is 15.0 Å². The van der Waals surface area contributed by atoms with E-state index >= 15 is 8.78 Å². The van der Waals surface area contributed by atoms with E-state index in [0.29, 0.717) is 37.8 Å². The largest absolute Gasteiger partial charge is 0.333 e. The zero-order valence-electron chi connectivity index (χ0n) is 26.9. The Morgan fingerprint density at radius 3 is 2.60 bits per heavy atom. The van der Waals surface area contributed by atoms with Gasteiger partial charge in [-0.05, 0) is 75.8 Å². The van der Waals surface area contributed by atoms with E-state index in [1.54, 1.807) is 0 Å². The predicted molar refractivity (Wildman–Crippen MR) is 170 cm³/mol. The average Bonchev–Trinajstić information content (AvgIpc) is 3.83. The van der Waals surface area contributed by atoms with Crippen LogP contribution in [-0.4, -0.2) is 114 Å². The number of hydrogen-bond acceptors (Lipinski definition) is 6. The molecule has 0 aromatic rings. The normalized spacial score (nSPS) is 45.4. The summed E-state index contributed by atoms with van der Waals surface area (Å²) in [6.07, 6.45) is 8.58. The Morgan fingerprint density at radius 1 is 0.956 bits per heavy atom. The topological polar surface area (TPSA) is 92.0 Å². The fourth-order valence-electron chi connectivity index (χ4n) is 9.90. The van der Waals surface area contributed by atoms with E-state index in [2.05, 4.69) is 58.7 Å². The van der Waals surface area contributed by atoms with Gasteiger partial charge in [0.2, 0.25) is 5.91 Å². The van der Waals surface area contributed by atoms with Crippen LogP contribution in [0.2, 0.25) is 0 Å². The van der Waals surface area contributed by atoms with Gasteiger partial charge >= 0.3 is 6.03 Å². The highest BCUT2D eigenvalue weighted by Crippen LogP contribution is 2.45. The second-order valence-electron chi connectivity index (χ2n) is 15.2. The van der Waals surface area contributed by atoms with Crippen LogP contribution in [0.4, 0.5) is 13.6 Å². The SMILES string of the molecule is C=CC(=O)N1CCN(C2NC(=O)N3C4CC(CCC=CCNC5CCC(F)C(C5)C5NC3C2CC5F)CNC4C(C)C)C2CC21. The van der Waals surface area contributed by atoms with Crippen molar-refractivity contribution in [2.75, 3.05) is 26.2 Å². The molecule has 45 heavy (non-hydrogen) atoms. The number of amides is 3. The molecule has 6 fully saturated rings. The van der Waals surface area contributed by atoms with Crippen LogP contribution in [0.15, 0.2) is 24.8 Å². The fourth-order valence-corrected chi connectivity index (χ4v) is 9.90. The molecular weight excluding hydrogens is 576 g/mol. The van der Waals surface area contributed by atoms with Gasteiger partial charge in [0.15, 0.2) is 0 Å². The summed E-state index contributed by atoms with van der Waals surface area (Å²) >= 11 is 0. The van der Waals surface area contributed by atoms with Crippen LogP contribution in [0.25, 0.3) is 0 Å². The first-order valence-electron chi connectivity index (χ1n) is 17.7. The number of nitrogens with one attached hydrogen (secondary N) is 4. The van der Waals surface area contributed by atoms with E-state index < -0.39 is 30.5 Å². The Hall–Kier alpha value is -2.08. The Bertz CT molecular complexity index is 1160. The summed E-state index contributed by atoms with van der Waals surface area (Å²) in [4.78, 5) is 33.1. The molecule has 11 heteroatoms. The molecule has 13 atom stereocenters. The van der Waals surface area contributed by atoms with Crippen LogP contribution in [-0.2, 0) is 4.79 Å². The van der Waals surface area contributed by atoms with E-state index in [1.807, 2.05) is 9.80 Å². The number of carbonyl (C=O) groups is 2. The van der Waals surface area contributed by atoms with E-state index in [-0.39, 0.29) is 60.7 Å². The smallest absolute Gasteiger partial charge is 0.320 e. The molecule has 2 aliphatic carbocycles. The van der Waals surface area contributed by atoms with Crippen LogP contribution < -0.4 is 21.3 Å². The Labute approximate surface area is 266 Å². The van der Waals surface area contributed by atoms with Crippen LogP contribution in [0.5, 0.6) is 0 Å². The van der Waals surface area contributed by atoms with Crippen molar-refractivity contribution in [1.29, 1.82) is 0 Å². The molecule has 0 aromatic heterocycles. The highest BCUT2D eigenvalue weighted by Gasteiger charge is 2.59. The van der Waals surface area contributed by atoms with Crippen molar-refractivity contribution in [1.82, 2.24) is 36.0 Å². The molecule has 4 saturated heterocycles. The number of fused-ring (bicyclic) bond motifs is 8. The summed E-state index contributed by atoms with van der Waals surface area (Å²) in [5.74, 6) is 0.0169. The molecule has 3 amide bonds. The molecule has 13 unspecified atom stereocenters.